The van der Waals surface area contributed by atoms with Crippen LogP contribution in [0.5, 0.6) is 0 Å². The lowest BCUT2D eigenvalue weighted by atomic mass is 9.94. The molecular formula is C22H27N11O. The van der Waals surface area contributed by atoms with E-state index in [4.69, 9.17) is 16.8 Å². The summed E-state index contributed by atoms with van der Waals surface area (Å²) in [5.41, 5.74) is 7.51. The summed E-state index contributed by atoms with van der Waals surface area (Å²) in [6.07, 6.45) is 3.87. The fourth-order valence-electron chi connectivity index (χ4n) is 3.82. The van der Waals surface area contributed by atoms with Crippen molar-refractivity contribution in [1.82, 2.24) is 25.3 Å². The first kappa shape index (κ1) is 22.9. The number of hydrazone groups is 1. The van der Waals surface area contributed by atoms with Gasteiger partial charge in [0.05, 0.1) is 18.8 Å². The minimum Gasteiger partial charge on any atom is -0.382 e. The minimum atomic E-state index is -0.380. The summed E-state index contributed by atoms with van der Waals surface area (Å²) in [6.45, 7) is 3.90. The fraction of sp³-hybridized carbons (Fsp3) is 0.364. The number of aromatic nitrogens is 4. The van der Waals surface area contributed by atoms with Crippen LogP contribution in [0.15, 0.2) is 40.4 Å². The second-order valence-corrected chi connectivity index (χ2v) is 8.07. The van der Waals surface area contributed by atoms with E-state index >= 15 is 0 Å². The molecule has 12 nitrogen and oxygen atoms in total. The Labute approximate surface area is 196 Å². The molecule has 0 spiro atoms. The first-order chi connectivity index (χ1) is 16.5. The third-order valence-electron chi connectivity index (χ3n) is 5.79. The van der Waals surface area contributed by atoms with Crippen molar-refractivity contribution in [2.75, 3.05) is 29.9 Å². The molecule has 0 amide bonds. The summed E-state index contributed by atoms with van der Waals surface area (Å²) in [4.78, 5) is 23.9. The van der Waals surface area contributed by atoms with E-state index in [0.29, 0.717) is 58.6 Å². The van der Waals surface area contributed by atoms with Gasteiger partial charge in [0.1, 0.15) is 16.7 Å². The minimum absolute atomic E-state index is 0.299. The Hall–Kier alpha value is -4.24. The maximum absolute atomic E-state index is 12.5. The lowest BCUT2D eigenvalue weighted by Gasteiger charge is -2.31. The van der Waals surface area contributed by atoms with E-state index in [0.717, 1.165) is 25.9 Å². The largest absolute Gasteiger partial charge is 0.382 e. The van der Waals surface area contributed by atoms with Crippen molar-refractivity contribution in [2.45, 2.75) is 26.2 Å². The van der Waals surface area contributed by atoms with E-state index in [-0.39, 0.29) is 5.56 Å². The van der Waals surface area contributed by atoms with Crippen molar-refractivity contribution in [2.24, 2.45) is 22.6 Å². The van der Waals surface area contributed by atoms with Crippen LogP contribution in [0.3, 0.4) is 0 Å². The number of hydrogen-bond donors (Lipinski definition) is 4. The maximum atomic E-state index is 12.5. The molecule has 34 heavy (non-hydrogen) atoms. The van der Waals surface area contributed by atoms with Gasteiger partial charge in [0.2, 0.25) is 5.95 Å². The van der Waals surface area contributed by atoms with Crippen molar-refractivity contribution in [1.29, 1.82) is 5.26 Å². The Morgan fingerprint density at radius 2 is 2.06 bits per heavy atom. The number of H-pyrrole nitrogens is 1. The summed E-state index contributed by atoms with van der Waals surface area (Å²) in [5.74, 6) is 7.29. The maximum Gasteiger partial charge on any atom is 0.277 e. The van der Waals surface area contributed by atoms with Crippen LogP contribution in [-0.2, 0) is 0 Å². The van der Waals surface area contributed by atoms with Gasteiger partial charge in [-0.1, -0.05) is 0 Å². The normalized spacial score (nSPS) is 14.7. The fourth-order valence-corrected chi connectivity index (χ4v) is 3.82. The van der Waals surface area contributed by atoms with E-state index in [1.165, 1.54) is 11.3 Å². The Morgan fingerprint density at radius 3 is 2.74 bits per heavy atom. The number of amidine groups is 1. The highest BCUT2D eigenvalue weighted by molar-refractivity contribution is 5.97. The Morgan fingerprint density at radius 1 is 1.32 bits per heavy atom. The first-order valence-electron chi connectivity index (χ1n) is 11.1. The number of piperidine rings is 1. The van der Waals surface area contributed by atoms with Crippen molar-refractivity contribution >= 4 is 34.2 Å². The molecule has 0 atom stereocenters. The summed E-state index contributed by atoms with van der Waals surface area (Å²) in [7, 11) is 0. The average Bonchev–Trinajstić information content (AvgIpc) is 2.85. The number of hydrogen-bond acceptors (Lipinski definition) is 10. The molecule has 1 aromatic carbocycles. The molecule has 1 saturated heterocycles. The quantitative estimate of drug-likeness (QED) is 0.174. The molecule has 0 radical (unpaired) electrons. The molecule has 3 heterocycles. The van der Waals surface area contributed by atoms with Gasteiger partial charge >= 0.3 is 0 Å². The Bertz CT molecular complexity index is 1270. The number of nitrogens with zero attached hydrogens (tertiary/aromatic N) is 7. The molecule has 1 fully saturated rings. The predicted octanol–water partition coefficient (Wildman–Crippen LogP) is 1.40. The molecule has 12 heteroatoms. The van der Waals surface area contributed by atoms with Crippen LogP contribution in [0.2, 0.25) is 0 Å². The number of nitrogens with one attached hydrogen (secondary N) is 2. The monoisotopic (exact) mass is 461 g/mol. The van der Waals surface area contributed by atoms with Crippen LogP contribution < -0.4 is 27.4 Å². The average molecular weight is 462 g/mol. The van der Waals surface area contributed by atoms with Crippen LogP contribution in [0.1, 0.15) is 31.7 Å². The number of aromatic amines is 1. The number of benzene rings is 1. The van der Waals surface area contributed by atoms with Crippen LogP contribution in [0, 0.1) is 17.2 Å². The highest BCUT2D eigenvalue weighted by atomic mass is 16.1. The van der Waals surface area contributed by atoms with Crippen molar-refractivity contribution in [3.05, 3.63) is 46.4 Å². The van der Waals surface area contributed by atoms with Gasteiger partial charge < -0.3 is 16.0 Å². The molecule has 6 N–H and O–H groups in total. The molecule has 1 aliphatic heterocycles. The molecule has 1 aliphatic rings. The van der Waals surface area contributed by atoms with Gasteiger partial charge in [-0.15, -0.1) is 5.10 Å². The molecule has 176 valence electrons. The third-order valence-corrected chi connectivity index (χ3v) is 5.79. The summed E-state index contributed by atoms with van der Waals surface area (Å²) >= 11 is 0. The number of anilines is 3. The lowest BCUT2D eigenvalue weighted by molar-refractivity contribution is 0.316. The van der Waals surface area contributed by atoms with Gasteiger partial charge in [0.15, 0.2) is 5.84 Å². The highest BCUT2D eigenvalue weighted by Crippen LogP contribution is 2.27. The van der Waals surface area contributed by atoms with Gasteiger partial charge in [0, 0.05) is 30.8 Å². The zero-order chi connectivity index (χ0) is 24.1. The second kappa shape index (κ2) is 10.1. The van der Waals surface area contributed by atoms with Crippen molar-refractivity contribution < 1.29 is 0 Å². The van der Waals surface area contributed by atoms with Crippen LogP contribution in [0.25, 0.3) is 10.9 Å². The number of nitrogens with two attached hydrogens (primary N) is 2. The molecule has 0 aliphatic carbocycles. The van der Waals surface area contributed by atoms with E-state index in [9.17, 15) is 4.79 Å². The lowest BCUT2D eigenvalue weighted by Crippen LogP contribution is -2.35. The second-order valence-electron chi connectivity index (χ2n) is 8.07. The van der Waals surface area contributed by atoms with Crippen LogP contribution in [-0.4, -0.2) is 50.8 Å². The number of fused-ring (bicyclic) bond motifs is 1. The predicted molar refractivity (Wildman–Crippen MR) is 130 cm³/mol. The van der Waals surface area contributed by atoms with Gasteiger partial charge in [0.25, 0.3) is 5.56 Å². The summed E-state index contributed by atoms with van der Waals surface area (Å²) in [5, 5.41) is 24.2. The van der Waals surface area contributed by atoms with E-state index in [1.54, 1.807) is 12.1 Å². The Kier molecular flexibility index (Phi) is 6.84. The Balaban J connectivity index is 1.62. The van der Waals surface area contributed by atoms with Crippen LogP contribution in [0.4, 0.5) is 17.5 Å². The summed E-state index contributed by atoms with van der Waals surface area (Å²) < 4.78 is 0. The van der Waals surface area contributed by atoms with Gasteiger partial charge in [-0.05, 0) is 49.9 Å². The van der Waals surface area contributed by atoms with Crippen molar-refractivity contribution in [3.63, 3.8) is 0 Å². The summed E-state index contributed by atoms with van der Waals surface area (Å²) in [6, 6.07) is 9.50. The zero-order valence-corrected chi connectivity index (χ0v) is 18.9. The van der Waals surface area contributed by atoms with Gasteiger partial charge in [-0.2, -0.15) is 15.3 Å². The van der Waals surface area contributed by atoms with Crippen molar-refractivity contribution in [3.8, 4) is 6.07 Å². The molecule has 0 saturated carbocycles. The molecular weight excluding hydrogens is 434 g/mol. The third kappa shape index (κ3) is 5.05. The van der Waals surface area contributed by atoms with Gasteiger partial charge in [-0.3, -0.25) is 4.79 Å². The smallest absolute Gasteiger partial charge is 0.277 e. The van der Waals surface area contributed by atoms with E-state index < -0.39 is 0 Å². The SMILES string of the molecule is CCN(N)/N=C(\N)c1ccc(Nc2nc(N3CCC(CC#N)CC3)nc3cn[nH]c(=O)c23)cc1. The zero-order valence-electron chi connectivity index (χ0n) is 18.9. The van der Waals surface area contributed by atoms with E-state index in [1.807, 2.05) is 19.1 Å². The topological polar surface area (TPSA) is 178 Å². The molecule has 3 aromatic rings. The number of rotatable bonds is 7. The standard InChI is InChI=1S/C22H27N11O/c1-2-33(25)31-19(24)15-3-5-16(6-4-15)27-20-18-17(13-26-30-21(18)34)28-22(29-20)32-11-8-14(7-10-23)9-12-32/h3-6,13-14H,2,7-9,11-12,25H2,1H3,(H2,24,31)(H,30,34)(H,27,28,29). The highest BCUT2D eigenvalue weighted by Gasteiger charge is 2.22. The number of hydrazine groups is 1. The first-order valence-corrected chi connectivity index (χ1v) is 11.1. The van der Waals surface area contributed by atoms with E-state index in [2.05, 4.69) is 41.6 Å². The van der Waals surface area contributed by atoms with Crippen LogP contribution >= 0.6 is 0 Å². The number of nitriles is 1. The molecule has 0 bridgehead atoms. The molecule has 0 unspecified atom stereocenters. The molecule has 2 aromatic heterocycles. The molecule has 4 rings (SSSR count). The van der Waals surface area contributed by atoms with Gasteiger partial charge in [-0.25, -0.2) is 21.0 Å².